The van der Waals surface area contributed by atoms with Gasteiger partial charge in [0.15, 0.2) is 5.82 Å². The fourth-order valence-electron chi connectivity index (χ4n) is 3.50. The number of hydrogen-bond donors (Lipinski definition) is 1. The van der Waals surface area contributed by atoms with Crippen molar-refractivity contribution < 1.29 is 27.4 Å². The van der Waals surface area contributed by atoms with Crippen molar-refractivity contribution in [3.63, 3.8) is 0 Å². The van der Waals surface area contributed by atoms with E-state index in [1.54, 1.807) is 28.9 Å². The van der Waals surface area contributed by atoms with Crippen molar-refractivity contribution in [1.29, 1.82) is 0 Å². The van der Waals surface area contributed by atoms with Crippen LogP contribution in [-0.4, -0.2) is 64.0 Å². The molecule has 0 radical (unpaired) electrons. The number of fused-ring (bicyclic) bond motifs is 1. The molecule has 0 saturated carbocycles. The van der Waals surface area contributed by atoms with E-state index in [0.717, 1.165) is 0 Å². The Morgan fingerprint density at radius 3 is 2.80 bits per heavy atom. The van der Waals surface area contributed by atoms with Gasteiger partial charge in [0, 0.05) is 26.3 Å². The van der Waals surface area contributed by atoms with Gasteiger partial charge >= 0.3 is 6.36 Å². The summed E-state index contributed by atoms with van der Waals surface area (Å²) in [4.78, 5) is 23.4. The summed E-state index contributed by atoms with van der Waals surface area (Å²) in [5.74, 6) is -0.0676. The van der Waals surface area contributed by atoms with Crippen molar-refractivity contribution >= 4 is 22.8 Å². The molecule has 0 spiro atoms. The number of hydrogen-bond acceptors (Lipinski definition) is 6. The number of morpholine rings is 1. The third-order valence-electron chi connectivity index (χ3n) is 4.86. The summed E-state index contributed by atoms with van der Waals surface area (Å²) in [5.41, 5.74) is 1.49. The van der Waals surface area contributed by atoms with Gasteiger partial charge in [-0.05, 0) is 18.6 Å². The lowest BCUT2D eigenvalue weighted by Crippen LogP contribution is -2.40. The number of aromatic nitrogens is 3. The lowest BCUT2D eigenvalue weighted by Gasteiger charge is -2.27. The largest absolute Gasteiger partial charge is 0.573 e. The second kappa shape index (κ2) is 7.98. The lowest BCUT2D eigenvalue weighted by atomic mass is 10.1. The Labute approximate surface area is 170 Å². The number of amides is 1. The van der Waals surface area contributed by atoms with Gasteiger partial charge in [-0.15, -0.1) is 13.2 Å². The number of nitrogens with zero attached hydrogens (tertiary/aromatic N) is 4. The minimum atomic E-state index is -4.76. The molecule has 3 heterocycles. The van der Waals surface area contributed by atoms with Gasteiger partial charge in [-0.1, -0.05) is 6.08 Å². The summed E-state index contributed by atoms with van der Waals surface area (Å²) < 4.78 is 48.5. The molecular formula is C19H20F3N5O3. The number of allylic oxidation sites excluding steroid dienone is 1. The summed E-state index contributed by atoms with van der Waals surface area (Å²) in [6.07, 6.45) is 2.95. The SMILES string of the molecule is Cn1cnc2c(NC3C=C(OC(F)(F)F)C=CC3)ncc(C(=O)N3CCOCC3)c21. The normalized spacial score (nSPS) is 19.7. The third kappa shape index (κ3) is 4.25. The molecule has 2 aromatic heterocycles. The Morgan fingerprint density at radius 1 is 1.30 bits per heavy atom. The molecule has 2 aliphatic rings. The minimum absolute atomic E-state index is 0.160. The molecule has 4 rings (SSSR count). The number of carbonyl (C=O) groups is 1. The lowest BCUT2D eigenvalue weighted by molar-refractivity contribution is -0.303. The standard InChI is InChI=1S/C19H20F3N5O3/c1-26-11-24-15-16(26)14(18(28)27-5-7-29-8-6-27)10-23-17(15)25-12-3-2-4-13(9-12)30-19(20,21)22/h2,4,9-12H,3,5-8H2,1H3,(H,23,25). The molecule has 1 aliphatic carbocycles. The molecule has 1 amide bonds. The predicted molar refractivity (Wildman–Crippen MR) is 102 cm³/mol. The zero-order valence-electron chi connectivity index (χ0n) is 16.1. The van der Waals surface area contributed by atoms with Crippen LogP contribution in [0.3, 0.4) is 0 Å². The average molecular weight is 423 g/mol. The number of rotatable bonds is 4. The first-order valence-electron chi connectivity index (χ1n) is 9.39. The predicted octanol–water partition coefficient (Wildman–Crippen LogP) is 2.60. The summed E-state index contributed by atoms with van der Waals surface area (Å²) in [6.45, 7) is 1.97. The minimum Gasteiger partial charge on any atom is -0.406 e. The second-order valence-electron chi connectivity index (χ2n) is 6.98. The molecule has 2 aromatic rings. The fourth-order valence-corrected chi connectivity index (χ4v) is 3.50. The van der Waals surface area contributed by atoms with Gasteiger partial charge in [-0.3, -0.25) is 4.79 Å². The van der Waals surface area contributed by atoms with Crippen LogP contribution in [0.5, 0.6) is 0 Å². The van der Waals surface area contributed by atoms with Gasteiger partial charge in [0.1, 0.15) is 11.3 Å². The van der Waals surface area contributed by atoms with Crippen LogP contribution in [-0.2, 0) is 16.5 Å². The molecule has 1 unspecified atom stereocenters. The Bertz CT molecular complexity index is 1010. The van der Waals surface area contributed by atoms with E-state index >= 15 is 0 Å². The molecule has 160 valence electrons. The monoisotopic (exact) mass is 423 g/mol. The Hall–Kier alpha value is -3.08. The first-order valence-corrected chi connectivity index (χ1v) is 9.39. The van der Waals surface area contributed by atoms with Gasteiger partial charge < -0.3 is 24.3 Å². The summed E-state index contributed by atoms with van der Waals surface area (Å²) in [6, 6.07) is -0.467. The molecule has 1 aliphatic heterocycles. The third-order valence-corrected chi connectivity index (χ3v) is 4.86. The first kappa shape index (κ1) is 20.2. The van der Waals surface area contributed by atoms with E-state index in [2.05, 4.69) is 20.0 Å². The van der Waals surface area contributed by atoms with Crippen LogP contribution in [0, 0.1) is 0 Å². The van der Waals surface area contributed by atoms with Crippen molar-refractivity contribution in [3.05, 3.63) is 42.1 Å². The number of halogens is 3. The molecule has 1 fully saturated rings. The maximum absolute atomic E-state index is 13.0. The quantitative estimate of drug-likeness (QED) is 0.814. The highest BCUT2D eigenvalue weighted by atomic mass is 19.4. The van der Waals surface area contributed by atoms with Crippen molar-refractivity contribution in [2.24, 2.45) is 7.05 Å². The Balaban J connectivity index is 1.60. The number of carbonyl (C=O) groups excluding carboxylic acids is 1. The van der Waals surface area contributed by atoms with Crippen LogP contribution in [0.25, 0.3) is 11.0 Å². The highest BCUT2D eigenvalue weighted by molar-refractivity contribution is 6.07. The number of pyridine rings is 1. The van der Waals surface area contributed by atoms with E-state index in [9.17, 15) is 18.0 Å². The van der Waals surface area contributed by atoms with Crippen LogP contribution in [0.4, 0.5) is 19.0 Å². The number of nitrogens with one attached hydrogen (secondary N) is 1. The van der Waals surface area contributed by atoms with Crippen molar-refractivity contribution in [1.82, 2.24) is 19.4 Å². The van der Waals surface area contributed by atoms with Crippen LogP contribution in [0.1, 0.15) is 16.8 Å². The summed E-state index contributed by atoms with van der Waals surface area (Å²) >= 11 is 0. The number of imidazole rings is 1. The molecule has 1 saturated heterocycles. The molecule has 0 aromatic carbocycles. The van der Waals surface area contributed by atoms with E-state index in [4.69, 9.17) is 4.74 Å². The van der Waals surface area contributed by atoms with Gasteiger partial charge in [0.05, 0.1) is 36.7 Å². The zero-order chi connectivity index (χ0) is 21.3. The van der Waals surface area contributed by atoms with E-state index < -0.39 is 12.4 Å². The number of anilines is 1. The maximum atomic E-state index is 13.0. The average Bonchev–Trinajstić information content (AvgIpc) is 3.10. The summed E-state index contributed by atoms with van der Waals surface area (Å²) in [5, 5.41) is 3.09. The van der Waals surface area contributed by atoms with Crippen LogP contribution in [0.15, 0.2) is 36.5 Å². The number of alkyl halides is 3. The zero-order valence-corrected chi connectivity index (χ0v) is 16.1. The number of aryl methyl sites for hydroxylation is 1. The van der Waals surface area contributed by atoms with E-state index in [1.165, 1.54) is 18.3 Å². The highest BCUT2D eigenvalue weighted by Gasteiger charge is 2.32. The van der Waals surface area contributed by atoms with Gasteiger partial charge in [0.2, 0.25) is 0 Å². The van der Waals surface area contributed by atoms with Gasteiger partial charge in [-0.2, -0.15) is 0 Å². The van der Waals surface area contributed by atoms with E-state index in [1.807, 2.05) is 0 Å². The molecule has 8 nitrogen and oxygen atoms in total. The molecule has 30 heavy (non-hydrogen) atoms. The molecule has 11 heteroatoms. The molecular weight excluding hydrogens is 403 g/mol. The molecule has 0 bridgehead atoms. The second-order valence-corrected chi connectivity index (χ2v) is 6.98. The Kier molecular flexibility index (Phi) is 5.37. The van der Waals surface area contributed by atoms with Crippen molar-refractivity contribution in [2.75, 3.05) is 31.6 Å². The Morgan fingerprint density at radius 2 is 2.07 bits per heavy atom. The van der Waals surface area contributed by atoms with Crippen LogP contribution in [0.2, 0.25) is 0 Å². The fraction of sp³-hybridized carbons (Fsp3) is 0.421. The topological polar surface area (TPSA) is 81.5 Å². The van der Waals surface area contributed by atoms with Gasteiger partial charge in [-0.25, -0.2) is 9.97 Å². The van der Waals surface area contributed by atoms with Crippen LogP contribution < -0.4 is 5.32 Å². The van der Waals surface area contributed by atoms with Crippen molar-refractivity contribution in [2.45, 2.75) is 18.8 Å². The smallest absolute Gasteiger partial charge is 0.406 e. The van der Waals surface area contributed by atoms with Crippen molar-refractivity contribution in [3.8, 4) is 0 Å². The highest BCUT2D eigenvalue weighted by Crippen LogP contribution is 2.28. The van der Waals surface area contributed by atoms with Gasteiger partial charge in [0.25, 0.3) is 5.91 Å². The molecule has 1 N–H and O–H groups in total. The molecule has 1 atom stereocenters. The van der Waals surface area contributed by atoms with Crippen LogP contribution >= 0.6 is 0 Å². The maximum Gasteiger partial charge on any atom is 0.573 e. The van der Waals surface area contributed by atoms with E-state index in [0.29, 0.717) is 55.1 Å². The number of ether oxygens (including phenoxy) is 2. The summed E-state index contributed by atoms with van der Waals surface area (Å²) in [7, 11) is 1.77. The van der Waals surface area contributed by atoms with E-state index in [-0.39, 0.29) is 11.7 Å². The first-order chi connectivity index (χ1) is 14.3.